The minimum absolute atomic E-state index is 0.0231. The van der Waals surface area contributed by atoms with Gasteiger partial charge in [0, 0.05) is 34.3 Å². The second-order valence-corrected chi connectivity index (χ2v) is 11.9. The van der Waals surface area contributed by atoms with Gasteiger partial charge in [-0.3, -0.25) is 4.79 Å². The van der Waals surface area contributed by atoms with Crippen molar-refractivity contribution in [2.24, 2.45) is 0 Å². The fraction of sp³-hybridized carbons (Fsp3) is 0.185. The highest BCUT2D eigenvalue weighted by Crippen LogP contribution is 2.26. The molecule has 36 heavy (non-hydrogen) atoms. The van der Waals surface area contributed by atoms with Gasteiger partial charge in [0.2, 0.25) is 5.91 Å². The summed E-state index contributed by atoms with van der Waals surface area (Å²) in [7, 11) is -3.15. The number of hydrogen-bond donors (Lipinski definition) is 0. The summed E-state index contributed by atoms with van der Waals surface area (Å²) in [5.41, 5.74) is 2.86. The predicted octanol–water partition coefficient (Wildman–Crippen LogP) is 4.97. The second-order valence-electron chi connectivity index (χ2n) is 8.66. The fourth-order valence-corrected chi connectivity index (χ4v) is 6.72. The van der Waals surface area contributed by atoms with Gasteiger partial charge in [-0.25, -0.2) is 17.5 Å². The molecule has 6 nitrogen and oxygen atoms in total. The zero-order valence-electron chi connectivity index (χ0n) is 19.3. The Kier molecular flexibility index (Phi) is 6.84. The highest BCUT2D eigenvalue weighted by Gasteiger charge is 2.34. The average molecular weight is 522 g/mol. The number of nitrogens with zero attached hydrogens (tertiary/aromatic N) is 3. The molecule has 1 amide bonds. The molecule has 0 spiro atoms. The number of rotatable bonds is 7. The van der Waals surface area contributed by atoms with Crippen molar-refractivity contribution < 1.29 is 17.6 Å². The molecule has 2 aromatic carbocycles. The molecule has 2 aromatic heterocycles. The van der Waals surface area contributed by atoms with E-state index in [-0.39, 0.29) is 29.3 Å². The summed E-state index contributed by atoms with van der Waals surface area (Å²) in [4.78, 5) is 16.0. The molecule has 4 aromatic rings. The summed E-state index contributed by atoms with van der Waals surface area (Å²) >= 11 is 1.53. The van der Waals surface area contributed by atoms with Gasteiger partial charge >= 0.3 is 0 Å². The molecule has 1 saturated heterocycles. The third-order valence-electron chi connectivity index (χ3n) is 6.12. The molecule has 9 heteroatoms. The molecular weight excluding hydrogens is 497 g/mol. The van der Waals surface area contributed by atoms with E-state index in [1.165, 1.54) is 29.5 Å². The molecule has 1 atom stereocenters. The summed E-state index contributed by atoms with van der Waals surface area (Å²) in [5.74, 6) is -0.536. The molecule has 1 unspecified atom stereocenters. The smallest absolute Gasteiger partial charge is 0.247 e. The lowest BCUT2D eigenvalue weighted by Gasteiger charge is -2.26. The highest BCUT2D eigenvalue weighted by molar-refractivity contribution is 7.91. The topological polar surface area (TPSA) is 72.3 Å². The van der Waals surface area contributed by atoms with Gasteiger partial charge in [-0.2, -0.15) is 5.10 Å². The van der Waals surface area contributed by atoms with Crippen LogP contribution in [0.5, 0.6) is 0 Å². The van der Waals surface area contributed by atoms with E-state index in [4.69, 9.17) is 5.10 Å². The first-order chi connectivity index (χ1) is 17.4. The lowest BCUT2D eigenvalue weighted by atomic mass is 10.1. The number of aromatic nitrogens is 2. The number of hydrogen-bond acceptors (Lipinski definition) is 5. The van der Waals surface area contributed by atoms with Gasteiger partial charge in [-0.05, 0) is 60.3 Å². The number of carbonyl (C=O) groups is 1. The van der Waals surface area contributed by atoms with Crippen LogP contribution in [0.15, 0.2) is 84.4 Å². The van der Waals surface area contributed by atoms with Crippen LogP contribution in [0.1, 0.15) is 16.9 Å². The van der Waals surface area contributed by atoms with Gasteiger partial charge in [-0.1, -0.05) is 24.3 Å². The zero-order chi connectivity index (χ0) is 25.1. The molecule has 5 rings (SSSR count). The number of amides is 1. The van der Waals surface area contributed by atoms with Gasteiger partial charge < -0.3 is 4.90 Å². The van der Waals surface area contributed by atoms with Crippen molar-refractivity contribution >= 4 is 33.2 Å². The maximum atomic E-state index is 13.5. The first-order valence-corrected chi connectivity index (χ1v) is 14.2. The largest absolute Gasteiger partial charge is 0.330 e. The van der Waals surface area contributed by atoms with E-state index in [0.29, 0.717) is 24.2 Å². The van der Waals surface area contributed by atoms with Crippen molar-refractivity contribution in [2.45, 2.75) is 19.0 Å². The Hall–Kier alpha value is -3.56. The van der Waals surface area contributed by atoms with Crippen molar-refractivity contribution in [3.8, 4) is 16.9 Å². The number of carbonyl (C=O) groups excluding carboxylic acids is 1. The molecule has 0 aliphatic carbocycles. The van der Waals surface area contributed by atoms with E-state index < -0.39 is 9.84 Å². The average Bonchev–Trinajstić information content (AvgIpc) is 3.62. The molecule has 0 saturated carbocycles. The maximum absolute atomic E-state index is 13.5. The van der Waals surface area contributed by atoms with Crippen LogP contribution in [0.3, 0.4) is 0 Å². The summed E-state index contributed by atoms with van der Waals surface area (Å²) < 4.78 is 39.5. The number of sulfone groups is 1. The third kappa shape index (κ3) is 5.47. The fourth-order valence-electron chi connectivity index (χ4n) is 4.29. The lowest BCUT2D eigenvalue weighted by molar-refractivity contribution is -0.128. The van der Waals surface area contributed by atoms with Gasteiger partial charge in [-0.15, -0.1) is 11.3 Å². The molecule has 0 radical (unpaired) electrons. The van der Waals surface area contributed by atoms with Crippen molar-refractivity contribution in [1.82, 2.24) is 14.7 Å². The van der Waals surface area contributed by atoms with Gasteiger partial charge in [0.05, 0.1) is 29.4 Å². The molecule has 0 N–H and O–H groups in total. The Bertz CT molecular complexity index is 1480. The SMILES string of the molecule is O=C(C=Cc1cn(-c2ccccc2)nc1-c1ccc(F)cc1)N(Cc1cccs1)C1CCS(=O)(=O)C1. The maximum Gasteiger partial charge on any atom is 0.247 e. The highest BCUT2D eigenvalue weighted by atomic mass is 32.2. The third-order valence-corrected chi connectivity index (χ3v) is 8.74. The normalized spacial score (nSPS) is 17.0. The summed E-state index contributed by atoms with van der Waals surface area (Å²) in [5, 5.41) is 6.64. The predicted molar refractivity (Wildman–Crippen MR) is 140 cm³/mol. The zero-order valence-corrected chi connectivity index (χ0v) is 21.0. The van der Waals surface area contributed by atoms with Crippen LogP contribution >= 0.6 is 11.3 Å². The Morgan fingerprint density at radius 1 is 1.11 bits per heavy atom. The van der Waals surface area contributed by atoms with Crippen molar-refractivity contribution in [2.75, 3.05) is 11.5 Å². The number of thiophene rings is 1. The monoisotopic (exact) mass is 521 g/mol. The van der Waals surface area contributed by atoms with Crippen LogP contribution in [-0.4, -0.2) is 46.6 Å². The van der Waals surface area contributed by atoms with Crippen molar-refractivity contribution in [3.05, 3.63) is 101 Å². The Morgan fingerprint density at radius 2 is 1.89 bits per heavy atom. The van der Waals surface area contributed by atoms with Crippen LogP contribution in [0.25, 0.3) is 23.0 Å². The van der Waals surface area contributed by atoms with Crippen molar-refractivity contribution in [3.63, 3.8) is 0 Å². The first-order valence-electron chi connectivity index (χ1n) is 11.5. The quantitative estimate of drug-likeness (QED) is 0.322. The number of benzene rings is 2. The minimum atomic E-state index is -3.15. The van der Waals surface area contributed by atoms with E-state index in [9.17, 15) is 17.6 Å². The van der Waals surface area contributed by atoms with E-state index in [1.54, 1.807) is 27.8 Å². The van der Waals surface area contributed by atoms with Gasteiger partial charge in [0.15, 0.2) is 9.84 Å². The van der Waals surface area contributed by atoms with E-state index in [2.05, 4.69) is 0 Å². The summed E-state index contributed by atoms with van der Waals surface area (Å²) in [6.45, 7) is 0.356. The first kappa shape index (κ1) is 24.1. The molecule has 3 heterocycles. The summed E-state index contributed by atoms with van der Waals surface area (Å²) in [6, 6.07) is 19.1. The van der Waals surface area contributed by atoms with E-state index >= 15 is 0 Å². The molecule has 1 aliphatic heterocycles. The van der Waals surface area contributed by atoms with Crippen molar-refractivity contribution in [1.29, 1.82) is 0 Å². The van der Waals surface area contributed by atoms with Crippen LogP contribution < -0.4 is 0 Å². The van der Waals surface area contributed by atoms with Gasteiger partial charge in [0.1, 0.15) is 5.82 Å². The molecule has 1 fully saturated rings. The molecule has 184 valence electrons. The molecular formula is C27H24FN3O3S2. The Morgan fingerprint density at radius 3 is 2.56 bits per heavy atom. The van der Waals surface area contributed by atoms with E-state index in [1.807, 2.05) is 54.0 Å². The van der Waals surface area contributed by atoms with Crippen LogP contribution in [0.2, 0.25) is 0 Å². The number of para-hydroxylation sites is 1. The van der Waals surface area contributed by atoms with Crippen LogP contribution in [-0.2, 0) is 21.2 Å². The second kappa shape index (κ2) is 10.2. The van der Waals surface area contributed by atoms with E-state index in [0.717, 1.165) is 16.1 Å². The Labute approximate surface area is 213 Å². The lowest BCUT2D eigenvalue weighted by Crippen LogP contribution is -2.39. The molecule has 1 aliphatic rings. The van der Waals surface area contributed by atoms with Crippen LogP contribution in [0.4, 0.5) is 4.39 Å². The van der Waals surface area contributed by atoms with Crippen LogP contribution in [0, 0.1) is 5.82 Å². The number of halogens is 1. The molecule has 0 bridgehead atoms. The standard InChI is InChI=1S/C27H24FN3O3S2/c28-22-11-8-20(9-12-22)27-21(17-31(29-27)23-5-2-1-3-6-23)10-13-26(32)30(18-25-7-4-15-35-25)24-14-16-36(33,34)19-24/h1-13,15,17,24H,14,16,18-19H2. The summed E-state index contributed by atoms with van der Waals surface area (Å²) in [6.07, 6.45) is 5.41. The minimum Gasteiger partial charge on any atom is -0.330 e. The Balaban J connectivity index is 1.47. The van der Waals surface area contributed by atoms with Gasteiger partial charge in [0.25, 0.3) is 0 Å².